The van der Waals surface area contributed by atoms with E-state index in [1.807, 2.05) is 19.1 Å². The standard InChI is InChI=1S/C12H18O/c1-5-13-11-8-6-7-10(9-11)12(2,3)4/h6-9H,5H2,1-4H3. The summed E-state index contributed by atoms with van der Waals surface area (Å²) in [5.74, 6) is 0.968. The van der Waals surface area contributed by atoms with Gasteiger partial charge in [-0.25, -0.2) is 0 Å². The highest BCUT2D eigenvalue weighted by molar-refractivity contribution is 5.32. The van der Waals surface area contributed by atoms with E-state index in [9.17, 15) is 0 Å². The number of benzene rings is 1. The van der Waals surface area contributed by atoms with E-state index in [1.165, 1.54) is 5.56 Å². The van der Waals surface area contributed by atoms with E-state index >= 15 is 0 Å². The summed E-state index contributed by atoms with van der Waals surface area (Å²) in [5.41, 5.74) is 1.52. The Bertz CT molecular complexity index is 271. The van der Waals surface area contributed by atoms with Crippen molar-refractivity contribution in [3.05, 3.63) is 29.8 Å². The molecule has 0 N–H and O–H groups in total. The predicted octanol–water partition coefficient (Wildman–Crippen LogP) is 3.38. The molecule has 0 amide bonds. The predicted molar refractivity (Wildman–Crippen MR) is 56.3 cm³/mol. The van der Waals surface area contributed by atoms with Crippen molar-refractivity contribution in [2.45, 2.75) is 33.1 Å². The van der Waals surface area contributed by atoms with Crippen LogP contribution in [0.2, 0.25) is 0 Å². The molecule has 0 fully saturated rings. The smallest absolute Gasteiger partial charge is 0.119 e. The van der Waals surface area contributed by atoms with Gasteiger partial charge in [-0.05, 0) is 30.0 Å². The Morgan fingerprint density at radius 1 is 1.23 bits per heavy atom. The van der Waals surface area contributed by atoms with Crippen LogP contribution in [0.1, 0.15) is 33.3 Å². The summed E-state index contributed by atoms with van der Waals surface area (Å²) < 4.78 is 5.44. The van der Waals surface area contributed by atoms with E-state index in [1.54, 1.807) is 0 Å². The molecule has 0 aliphatic carbocycles. The molecule has 0 unspecified atom stereocenters. The lowest BCUT2D eigenvalue weighted by atomic mass is 9.87. The fourth-order valence-corrected chi connectivity index (χ4v) is 1.22. The molecule has 0 saturated heterocycles. The van der Waals surface area contributed by atoms with Gasteiger partial charge >= 0.3 is 0 Å². The van der Waals surface area contributed by atoms with Crippen LogP contribution in [-0.4, -0.2) is 6.61 Å². The lowest BCUT2D eigenvalue weighted by Gasteiger charge is -2.19. The third-order valence-corrected chi connectivity index (χ3v) is 2.01. The van der Waals surface area contributed by atoms with Crippen LogP contribution in [0.3, 0.4) is 0 Å². The minimum absolute atomic E-state index is 0.201. The number of rotatable bonds is 2. The van der Waals surface area contributed by atoms with E-state index in [0.717, 1.165) is 12.4 Å². The van der Waals surface area contributed by atoms with Gasteiger partial charge in [0.05, 0.1) is 6.61 Å². The fraction of sp³-hybridized carbons (Fsp3) is 0.500. The first-order chi connectivity index (χ1) is 6.04. The molecular weight excluding hydrogens is 160 g/mol. The quantitative estimate of drug-likeness (QED) is 0.674. The molecule has 1 aromatic rings. The van der Waals surface area contributed by atoms with Crippen LogP contribution >= 0.6 is 0 Å². The maximum Gasteiger partial charge on any atom is 0.119 e. The summed E-state index contributed by atoms with van der Waals surface area (Å²) in [4.78, 5) is 0. The van der Waals surface area contributed by atoms with Gasteiger partial charge in [0.1, 0.15) is 5.75 Å². The van der Waals surface area contributed by atoms with Gasteiger partial charge < -0.3 is 4.74 Å². The summed E-state index contributed by atoms with van der Waals surface area (Å²) in [5, 5.41) is 0. The second-order valence-corrected chi connectivity index (χ2v) is 4.21. The van der Waals surface area contributed by atoms with Crippen molar-refractivity contribution in [3.63, 3.8) is 0 Å². The average molecular weight is 178 g/mol. The molecular formula is C12H18O. The van der Waals surface area contributed by atoms with Crippen LogP contribution in [0.5, 0.6) is 5.75 Å². The van der Waals surface area contributed by atoms with E-state index in [2.05, 4.69) is 32.9 Å². The number of hydrogen-bond donors (Lipinski definition) is 0. The Morgan fingerprint density at radius 3 is 2.46 bits per heavy atom. The highest BCUT2D eigenvalue weighted by Crippen LogP contribution is 2.25. The average Bonchev–Trinajstić information content (AvgIpc) is 2.04. The van der Waals surface area contributed by atoms with Crippen LogP contribution in [0.4, 0.5) is 0 Å². The van der Waals surface area contributed by atoms with Gasteiger partial charge in [-0.2, -0.15) is 0 Å². The van der Waals surface area contributed by atoms with Crippen molar-refractivity contribution in [1.82, 2.24) is 0 Å². The topological polar surface area (TPSA) is 9.23 Å². The van der Waals surface area contributed by atoms with E-state index in [0.29, 0.717) is 0 Å². The third kappa shape index (κ3) is 2.76. The zero-order valence-electron chi connectivity index (χ0n) is 8.92. The molecule has 1 heteroatoms. The summed E-state index contributed by atoms with van der Waals surface area (Å²) in [6.07, 6.45) is 0. The third-order valence-electron chi connectivity index (χ3n) is 2.01. The van der Waals surface area contributed by atoms with Gasteiger partial charge in [0.25, 0.3) is 0 Å². The first-order valence-electron chi connectivity index (χ1n) is 4.77. The molecule has 0 saturated carbocycles. The van der Waals surface area contributed by atoms with E-state index in [-0.39, 0.29) is 5.41 Å². The minimum Gasteiger partial charge on any atom is -0.494 e. The highest BCUT2D eigenvalue weighted by Gasteiger charge is 2.13. The molecule has 1 rings (SSSR count). The van der Waals surface area contributed by atoms with Gasteiger partial charge in [0.15, 0.2) is 0 Å². The van der Waals surface area contributed by atoms with Crippen LogP contribution < -0.4 is 4.74 Å². The Balaban J connectivity index is 2.92. The van der Waals surface area contributed by atoms with Gasteiger partial charge in [-0.3, -0.25) is 0 Å². The van der Waals surface area contributed by atoms with Crippen molar-refractivity contribution in [1.29, 1.82) is 0 Å². The van der Waals surface area contributed by atoms with Crippen molar-refractivity contribution >= 4 is 0 Å². The molecule has 0 aromatic heterocycles. The lowest BCUT2D eigenvalue weighted by molar-refractivity contribution is 0.339. The summed E-state index contributed by atoms with van der Waals surface area (Å²) >= 11 is 0. The maximum absolute atomic E-state index is 5.44. The second-order valence-electron chi connectivity index (χ2n) is 4.21. The maximum atomic E-state index is 5.44. The van der Waals surface area contributed by atoms with Gasteiger partial charge in [-0.15, -0.1) is 0 Å². The highest BCUT2D eigenvalue weighted by atomic mass is 16.5. The number of ether oxygens (including phenoxy) is 1. The summed E-state index contributed by atoms with van der Waals surface area (Å²) in [6, 6.07) is 8.30. The molecule has 1 aromatic carbocycles. The van der Waals surface area contributed by atoms with Crippen molar-refractivity contribution in [2.75, 3.05) is 6.61 Å². The normalized spacial score (nSPS) is 11.4. The molecule has 0 heterocycles. The van der Waals surface area contributed by atoms with Crippen molar-refractivity contribution in [2.24, 2.45) is 0 Å². The molecule has 0 spiro atoms. The van der Waals surface area contributed by atoms with Crippen LogP contribution in [-0.2, 0) is 5.41 Å². The Labute approximate surface area is 80.7 Å². The molecule has 0 aliphatic heterocycles. The Kier molecular flexibility index (Phi) is 2.97. The van der Waals surface area contributed by atoms with Crippen LogP contribution in [0.15, 0.2) is 24.3 Å². The molecule has 72 valence electrons. The first-order valence-corrected chi connectivity index (χ1v) is 4.77. The zero-order valence-corrected chi connectivity index (χ0v) is 8.92. The van der Waals surface area contributed by atoms with Gasteiger partial charge in [-0.1, -0.05) is 32.9 Å². The van der Waals surface area contributed by atoms with E-state index < -0.39 is 0 Å². The molecule has 0 atom stereocenters. The zero-order chi connectivity index (χ0) is 9.90. The monoisotopic (exact) mass is 178 g/mol. The molecule has 0 aliphatic rings. The first kappa shape index (κ1) is 10.1. The van der Waals surface area contributed by atoms with Crippen molar-refractivity contribution < 1.29 is 4.74 Å². The Hall–Kier alpha value is -0.980. The summed E-state index contributed by atoms with van der Waals surface area (Å²) in [6.45, 7) is 9.35. The molecule has 13 heavy (non-hydrogen) atoms. The van der Waals surface area contributed by atoms with Crippen LogP contribution in [0, 0.1) is 0 Å². The van der Waals surface area contributed by atoms with Crippen LogP contribution in [0.25, 0.3) is 0 Å². The summed E-state index contributed by atoms with van der Waals surface area (Å²) in [7, 11) is 0. The minimum atomic E-state index is 0.201. The van der Waals surface area contributed by atoms with Gasteiger partial charge in [0, 0.05) is 0 Å². The molecule has 0 radical (unpaired) electrons. The van der Waals surface area contributed by atoms with Crippen molar-refractivity contribution in [3.8, 4) is 5.75 Å². The Morgan fingerprint density at radius 2 is 1.92 bits per heavy atom. The SMILES string of the molecule is CCOc1cccc(C(C)(C)C)c1. The van der Waals surface area contributed by atoms with E-state index in [4.69, 9.17) is 4.74 Å². The fourth-order valence-electron chi connectivity index (χ4n) is 1.22. The second kappa shape index (κ2) is 3.82. The molecule has 1 nitrogen and oxygen atoms in total. The van der Waals surface area contributed by atoms with Gasteiger partial charge in [0.2, 0.25) is 0 Å². The largest absolute Gasteiger partial charge is 0.494 e. The molecule has 0 bridgehead atoms. The number of hydrogen-bond acceptors (Lipinski definition) is 1. The lowest BCUT2D eigenvalue weighted by Crippen LogP contribution is -2.10.